The molecule has 0 radical (unpaired) electrons. The zero-order valence-electron chi connectivity index (χ0n) is 8.08. The maximum Gasteiger partial charge on any atom is 0.229 e. The zero-order chi connectivity index (χ0) is 11.9. The van der Waals surface area contributed by atoms with Gasteiger partial charge in [0.1, 0.15) is 5.02 Å². The number of rotatable bonds is 1. The normalized spacial score (nSPS) is 20.6. The first-order valence-corrected chi connectivity index (χ1v) is 5.00. The second kappa shape index (κ2) is 3.99. The molecule has 16 heavy (non-hydrogen) atoms. The van der Waals surface area contributed by atoms with E-state index in [1.807, 2.05) is 0 Å². The second-order valence-corrected chi connectivity index (χ2v) is 3.93. The fourth-order valence-electron chi connectivity index (χ4n) is 1.65. The minimum atomic E-state index is -1.19. The van der Waals surface area contributed by atoms with Gasteiger partial charge in [-0.15, -0.1) is 0 Å². The van der Waals surface area contributed by atoms with E-state index in [0.717, 1.165) is 11.0 Å². The molecule has 1 saturated heterocycles. The molecule has 0 aliphatic carbocycles. The molecule has 86 valence electrons. The summed E-state index contributed by atoms with van der Waals surface area (Å²) in [6, 6.07) is 2.12. The number of amides is 1. The topological polar surface area (TPSA) is 40.5 Å². The highest BCUT2D eigenvalue weighted by Gasteiger charge is 2.31. The van der Waals surface area contributed by atoms with E-state index in [1.54, 1.807) is 0 Å². The molecule has 1 fully saturated rings. The molecular weight excluding hydrogens is 240 g/mol. The van der Waals surface area contributed by atoms with E-state index in [0.29, 0.717) is 0 Å². The van der Waals surface area contributed by atoms with Crippen LogP contribution in [0.5, 0.6) is 0 Å². The highest BCUT2D eigenvalue weighted by molar-refractivity contribution is 6.34. The maximum atomic E-state index is 13.2. The van der Waals surface area contributed by atoms with Gasteiger partial charge in [-0.1, -0.05) is 11.6 Å². The SMILES string of the molecule is O=C1CC(O)CN1c1ccc(F)c(F)c1Cl. The summed E-state index contributed by atoms with van der Waals surface area (Å²) >= 11 is 5.60. The fraction of sp³-hybridized carbons (Fsp3) is 0.300. The Balaban J connectivity index is 2.42. The molecule has 1 aromatic carbocycles. The first-order chi connectivity index (χ1) is 7.50. The molecule has 1 aliphatic heterocycles. The number of aliphatic hydroxyl groups is 1. The lowest BCUT2D eigenvalue weighted by Crippen LogP contribution is -2.25. The third-order valence-corrected chi connectivity index (χ3v) is 2.77. The summed E-state index contributed by atoms with van der Waals surface area (Å²) in [5, 5.41) is 8.83. The number of hydrogen-bond acceptors (Lipinski definition) is 2. The number of nitrogens with zero attached hydrogens (tertiary/aromatic N) is 1. The summed E-state index contributed by atoms with van der Waals surface area (Å²) in [5.74, 6) is -2.62. The fourth-order valence-corrected chi connectivity index (χ4v) is 1.90. The summed E-state index contributed by atoms with van der Waals surface area (Å²) < 4.78 is 26.0. The van der Waals surface area contributed by atoms with E-state index in [-0.39, 0.29) is 24.6 Å². The molecule has 1 amide bonds. The van der Waals surface area contributed by atoms with Crippen molar-refractivity contribution >= 4 is 23.2 Å². The Bertz CT molecular complexity index is 453. The van der Waals surface area contributed by atoms with Gasteiger partial charge in [-0.3, -0.25) is 4.79 Å². The molecule has 1 N–H and O–H groups in total. The highest BCUT2D eigenvalue weighted by atomic mass is 35.5. The van der Waals surface area contributed by atoms with Crippen LogP contribution in [0.3, 0.4) is 0 Å². The van der Waals surface area contributed by atoms with Crippen LogP contribution >= 0.6 is 11.6 Å². The predicted molar refractivity (Wildman–Crippen MR) is 54.3 cm³/mol. The van der Waals surface area contributed by atoms with Crippen LogP contribution in [0.25, 0.3) is 0 Å². The van der Waals surface area contributed by atoms with Gasteiger partial charge in [-0.25, -0.2) is 8.78 Å². The van der Waals surface area contributed by atoms with Crippen molar-refractivity contribution in [3.8, 4) is 0 Å². The lowest BCUT2D eigenvalue weighted by atomic mass is 10.2. The Morgan fingerprint density at radius 1 is 1.44 bits per heavy atom. The summed E-state index contributed by atoms with van der Waals surface area (Å²) in [4.78, 5) is 12.6. The maximum absolute atomic E-state index is 13.2. The number of carbonyl (C=O) groups excluding carboxylic acids is 1. The van der Waals surface area contributed by atoms with Crippen molar-refractivity contribution in [2.75, 3.05) is 11.4 Å². The summed E-state index contributed by atoms with van der Waals surface area (Å²) in [6.07, 6.45) is -0.827. The first-order valence-electron chi connectivity index (χ1n) is 4.62. The van der Waals surface area contributed by atoms with Gasteiger partial charge in [0, 0.05) is 0 Å². The van der Waals surface area contributed by atoms with Crippen LogP contribution in [0, 0.1) is 11.6 Å². The van der Waals surface area contributed by atoms with Crippen LogP contribution in [-0.2, 0) is 4.79 Å². The van der Waals surface area contributed by atoms with Crippen molar-refractivity contribution in [3.63, 3.8) is 0 Å². The van der Waals surface area contributed by atoms with Gasteiger partial charge in [0.15, 0.2) is 11.6 Å². The average molecular weight is 248 g/mol. The van der Waals surface area contributed by atoms with E-state index in [1.165, 1.54) is 6.07 Å². The lowest BCUT2D eigenvalue weighted by Gasteiger charge is -2.17. The molecule has 1 atom stereocenters. The van der Waals surface area contributed by atoms with E-state index < -0.39 is 22.8 Å². The minimum absolute atomic E-state index is 0.0324. The standard InChI is InChI=1S/C10H8ClF2NO2/c11-9-7(2-1-6(12)10(9)13)14-4-5(15)3-8(14)16/h1-2,5,15H,3-4H2. The predicted octanol–water partition coefficient (Wildman–Crippen LogP) is 1.72. The Kier molecular flexibility index (Phi) is 2.82. The third kappa shape index (κ3) is 1.76. The van der Waals surface area contributed by atoms with Gasteiger partial charge in [0.2, 0.25) is 5.91 Å². The number of carbonyl (C=O) groups is 1. The van der Waals surface area contributed by atoms with Gasteiger partial charge >= 0.3 is 0 Å². The second-order valence-electron chi connectivity index (χ2n) is 3.56. The van der Waals surface area contributed by atoms with Crippen molar-refractivity contribution in [1.82, 2.24) is 0 Å². The number of halogens is 3. The van der Waals surface area contributed by atoms with Crippen LogP contribution in [-0.4, -0.2) is 23.7 Å². The molecule has 0 aromatic heterocycles. The van der Waals surface area contributed by atoms with Gasteiger partial charge in [-0.05, 0) is 12.1 Å². The van der Waals surface area contributed by atoms with Crippen molar-refractivity contribution in [2.45, 2.75) is 12.5 Å². The number of β-amino-alcohol motifs (C(OH)–C–C–N with tert-alkyl or cyclic N) is 1. The van der Waals surface area contributed by atoms with Crippen LogP contribution in [0.4, 0.5) is 14.5 Å². The first kappa shape index (κ1) is 11.3. The highest BCUT2D eigenvalue weighted by Crippen LogP contribution is 2.32. The molecule has 6 heteroatoms. The smallest absolute Gasteiger partial charge is 0.229 e. The summed E-state index contributed by atoms with van der Waals surface area (Å²) in [5.41, 5.74) is 0.0853. The van der Waals surface area contributed by atoms with E-state index in [9.17, 15) is 18.7 Å². The Morgan fingerprint density at radius 2 is 2.12 bits per heavy atom. The summed E-state index contributed by atoms with van der Waals surface area (Å²) in [6.45, 7) is 0.0453. The Hall–Kier alpha value is -1.20. The van der Waals surface area contributed by atoms with Crippen molar-refractivity contribution < 1.29 is 18.7 Å². The zero-order valence-corrected chi connectivity index (χ0v) is 8.84. The van der Waals surface area contributed by atoms with Crippen LogP contribution < -0.4 is 4.90 Å². The molecule has 0 spiro atoms. The Labute approximate surface area is 95.2 Å². The van der Waals surface area contributed by atoms with Gasteiger partial charge in [0.05, 0.1) is 24.8 Å². The molecule has 1 unspecified atom stereocenters. The Morgan fingerprint density at radius 3 is 2.69 bits per heavy atom. The van der Waals surface area contributed by atoms with Crippen LogP contribution in [0.1, 0.15) is 6.42 Å². The number of aliphatic hydroxyl groups excluding tert-OH is 1. The number of benzene rings is 1. The van der Waals surface area contributed by atoms with E-state index in [2.05, 4.69) is 0 Å². The largest absolute Gasteiger partial charge is 0.391 e. The number of hydrogen-bond donors (Lipinski definition) is 1. The van der Waals surface area contributed by atoms with Crippen molar-refractivity contribution in [2.24, 2.45) is 0 Å². The molecule has 1 aliphatic rings. The van der Waals surface area contributed by atoms with Crippen LogP contribution in [0.2, 0.25) is 5.02 Å². The third-order valence-electron chi connectivity index (χ3n) is 2.41. The molecule has 3 nitrogen and oxygen atoms in total. The molecule has 0 saturated carbocycles. The average Bonchev–Trinajstić information content (AvgIpc) is 2.55. The van der Waals surface area contributed by atoms with E-state index >= 15 is 0 Å². The van der Waals surface area contributed by atoms with Gasteiger partial charge in [-0.2, -0.15) is 0 Å². The van der Waals surface area contributed by atoms with Crippen molar-refractivity contribution in [3.05, 3.63) is 28.8 Å². The van der Waals surface area contributed by atoms with Crippen LogP contribution in [0.15, 0.2) is 12.1 Å². The molecule has 2 rings (SSSR count). The molecule has 0 bridgehead atoms. The quantitative estimate of drug-likeness (QED) is 0.768. The number of anilines is 1. The van der Waals surface area contributed by atoms with E-state index in [4.69, 9.17) is 11.6 Å². The monoisotopic (exact) mass is 247 g/mol. The molecule has 1 heterocycles. The van der Waals surface area contributed by atoms with Gasteiger partial charge in [0.25, 0.3) is 0 Å². The molecule has 1 aromatic rings. The minimum Gasteiger partial charge on any atom is -0.391 e. The lowest BCUT2D eigenvalue weighted by molar-refractivity contribution is -0.117. The van der Waals surface area contributed by atoms with Gasteiger partial charge < -0.3 is 10.0 Å². The molecular formula is C10H8ClF2NO2. The summed E-state index contributed by atoms with van der Waals surface area (Å²) in [7, 11) is 0. The van der Waals surface area contributed by atoms with Crippen molar-refractivity contribution in [1.29, 1.82) is 0 Å².